The molecule has 1 heterocycles. The number of benzene rings is 2. The zero-order valence-electron chi connectivity index (χ0n) is 15.1. The summed E-state index contributed by atoms with van der Waals surface area (Å²) in [4.78, 5) is 19.2. The van der Waals surface area contributed by atoms with Crippen LogP contribution in [0.15, 0.2) is 64.8 Å². The van der Waals surface area contributed by atoms with Gasteiger partial charge >= 0.3 is 6.01 Å². The molecule has 2 aromatic carbocycles. The third-order valence-corrected chi connectivity index (χ3v) is 4.43. The van der Waals surface area contributed by atoms with Crippen LogP contribution in [0.5, 0.6) is 11.8 Å². The molecule has 0 unspecified atom stereocenters. The van der Waals surface area contributed by atoms with Crippen LogP contribution in [0, 0.1) is 10.7 Å². The van der Waals surface area contributed by atoms with E-state index in [2.05, 4.69) is 19.9 Å². The summed E-state index contributed by atoms with van der Waals surface area (Å²) in [6.07, 6.45) is 0.996. The number of hydrogen-bond donors (Lipinski definition) is 2. The number of aliphatic hydroxyl groups is 1. The summed E-state index contributed by atoms with van der Waals surface area (Å²) in [6, 6.07) is 13.8. The quantitative estimate of drug-likeness (QED) is 0.376. The Morgan fingerprint density at radius 2 is 2.03 bits per heavy atom. The third kappa shape index (κ3) is 5.87. The first kappa shape index (κ1) is 20.5. The van der Waals surface area contributed by atoms with Crippen molar-refractivity contribution in [3.8, 4) is 11.8 Å². The highest BCUT2D eigenvalue weighted by atomic mass is 32.2. The SMILES string of the molecule is O=Nc1ccccc1SNc1nc(OCc2cccc(OCCO)c2)ncc1F. The van der Waals surface area contributed by atoms with E-state index in [1.807, 2.05) is 6.07 Å². The molecule has 0 aliphatic carbocycles. The van der Waals surface area contributed by atoms with Crippen LogP contribution in [0.2, 0.25) is 0 Å². The molecule has 0 aliphatic heterocycles. The Morgan fingerprint density at radius 1 is 1.17 bits per heavy atom. The second kappa shape index (κ2) is 10.3. The van der Waals surface area contributed by atoms with Gasteiger partial charge in [0, 0.05) is 0 Å². The standard InChI is InChI=1S/C19H17FN4O4S/c20-15-11-21-19(28-12-13-4-3-5-14(10-13)27-9-8-25)22-18(15)24-29-17-7-2-1-6-16(17)23-26/h1-7,10-11,25H,8-9,12H2,(H,21,22,24). The molecular formula is C19H17FN4O4S. The summed E-state index contributed by atoms with van der Waals surface area (Å²) in [5.74, 6) is -0.150. The number of rotatable bonds is 10. The first-order valence-corrected chi connectivity index (χ1v) is 9.34. The Hall–Kier alpha value is -3.24. The third-order valence-electron chi connectivity index (χ3n) is 3.57. The average molecular weight is 416 g/mol. The molecule has 10 heteroatoms. The molecule has 150 valence electrons. The van der Waals surface area contributed by atoms with E-state index in [1.165, 1.54) is 0 Å². The van der Waals surface area contributed by atoms with Crippen molar-refractivity contribution < 1.29 is 19.0 Å². The lowest BCUT2D eigenvalue weighted by atomic mass is 10.2. The first-order chi connectivity index (χ1) is 14.2. The van der Waals surface area contributed by atoms with Gasteiger partial charge in [-0.2, -0.15) is 4.98 Å². The number of aliphatic hydroxyl groups excluding tert-OH is 1. The fraction of sp³-hybridized carbons (Fsp3) is 0.158. The predicted octanol–water partition coefficient (Wildman–Crippen LogP) is 4.08. The highest BCUT2D eigenvalue weighted by molar-refractivity contribution is 8.00. The summed E-state index contributed by atoms with van der Waals surface area (Å²) in [7, 11) is 0. The van der Waals surface area contributed by atoms with Crippen molar-refractivity contribution in [2.45, 2.75) is 11.5 Å². The van der Waals surface area contributed by atoms with Gasteiger partial charge in [-0.05, 0) is 47.0 Å². The van der Waals surface area contributed by atoms with E-state index in [9.17, 15) is 9.30 Å². The molecule has 3 aromatic rings. The summed E-state index contributed by atoms with van der Waals surface area (Å²) < 4.78 is 27.6. The van der Waals surface area contributed by atoms with Crippen LogP contribution >= 0.6 is 11.9 Å². The molecule has 0 spiro atoms. The fourth-order valence-electron chi connectivity index (χ4n) is 2.25. The van der Waals surface area contributed by atoms with E-state index in [1.54, 1.807) is 42.5 Å². The molecule has 0 amide bonds. The van der Waals surface area contributed by atoms with Gasteiger partial charge in [0.15, 0.2) is 11.6 Å². The maximum Gasteiger partial charge on any atom is 0.318 e. The molecule has 3 rings (SSSR count). The maximum atomic E-state index is 14.0. The van der Waals surface area contributed by atoms with E-state index < -0.39 is 5.82 Å². The lowest BCUT2D eigenvalue weighted by Crippen LogP contribution is -2.04. The Balaban J connectivity index is 1.64. The summed E-state index contributed by atoms with van der Waals surface area (Å²) >= 11 is 1.01. The van der Waals surface area contributed by atoms with Gasteiger partial charge in [0.05, 0.1) is 17.7 Å². The van der Waals surface area contributed by atoms with Crippen LogP contribution < -0.4 is 14.2 Å². The summed E-state index contributed by atoms with van der Waals surface area (Å²) in [5.41, 5.74) is 1.03. The molecule has 0 saturated heterocycles. The molecule has 0 aliphatic rings. The second-order valence-electron chi connectivity index (χ2n) is 5.62. The monoisotopic (exact) mass is 416 g/mol. The largest absolute Gasteiger partial charge is 0.491 e. The number of anilines is 1. The Morgan fingerprint density at radius 3 is 2.86 bits per heavy atom. The number of nitrogens with one attached hydrogen (secondary N) is 1. The number of ether oxygens (including phenoxy) is 2. The van der Waals surface area contributed by atoms with Crippen LogP contribution in [0.3, 0.4) is 0 Å². The Bertz CT molecular complexity index is 976. The normalized spacial score (nSPS) is 10.4. The molecule has 29 heavy (non-hydrogen) atoms. The first-order valence-electron chi connectivity index (χ1n) is 8.53. The van der Waals surface area contributed by atoms with Crippen molar-refractivity contribution in [1.82, 2.24) is 9.97 Å². The van der Waals surface area contributed by atoms with E-state index in [0.717, 1.165) is 23.7 Å². The lowest BCUT2D eigenvalue weighted by molar-refractivity contribution is 0.201. The molecule has 0 saturated carbocycles. The van der Waals surface area contributed by atoms with Gasteiger partial charge in [-0.3, -0.25) is 0 Å². The smallest absolute Gasteiger partial charge is 0.318 e. The second-order valence-corrected chi connectivity index (χ2v) is 6.47. The Labute approximate surface area is 170 Å². The van der Waals surface area contributed by atoms with E-state index in [4.69, 9.17) is 14.6 Å². The molecular weight excluding hydrogens is 399 g/mol. The molecule has 1 aromatic heterocycles. The minimum atomic E-state index is -0.666. The molecule has 0 radical (unpaired) electrons. The number of hydrogen-bond acceptors (Lipinski definition) is 9. The van der Waals surface area contributed by atoms with Crippen molar-refractivity contribution in [1.29, 1.82) is 0 Å². The number of nitroso groups, excluding NO2 is 1. The minimum absolute atomic E-state index is 0.0158. The minimum Gasteiger partial charge on any atom is -0.491 e. The topological polar surface area (TPSA) is 106 Å². The van der Waals surface area contributed by atoms with Crippen LogP contribution in [0.25, 0.3) is 0 Å². The van der Waals surface area contributed by atoms with Crippen molar-refractivity contribution in [2.75, 3.05) is 17.9 Å². The molecule has 0 bridgehead atoms. The molecule has 8 nitrogen and oxygen atoms in total. The van der Waals surface area contributed by atoms with Crippen LogP contribution in [0.1, 0.15) is 5.56 Å². The van der Waals surface area contributed by atoms with Gasteiger partial charge in [0.25, 0.3) is 0 Å². The van der Waals surface area contributed by atoms with E-state index in [0.29, 0.717) is 10.6 Å². The van der Waals surface area contributed by atoms with Gasteiger partial charge in [-0.25, -0.2) is 9.37 Å². The zero-order chi connectivity index (χ0) is 20.5. The van der Waals surface area contributed by atoms with Crippen molar-refractivity contribution in [3.63, 3.8) is 0 Å². The van der Waals surface area contributed by atoms with Gasteiger partial charge in [-0.1, -0.05) is 24.3 Å². The molecule has 0 fully saturated rings. The van der Waals surface area contributed by atoms with Gasteiger partial charge in [-0.15, -0.1) is 4.91 Å². The Kier molecular flexibility index (Phi) is 7.31. The lowest BCUT2D eigenvalue weighted by Gasteiger charge is -2.10. The molecule has 0 atom stereocenters. The van der Waals surface area contributed by atoms with Gasteiger partial charge in [0.1, 0.15) is 24.7 Å². The van der Waals surface area contributed by atoms with Crippen LogP contribution in [-0.2, 0) is 6.61 Å². The summed E-state index contributed by atoms with van der Waals surface area (Å²) in [5, 5.41) is 11.7. The van der Waals surface area contributed by atoms with Crippen LogP contribution in [0.4, 0.5) is 15.9 Å². The van der Waals surface area contributed by atoms with Gasteiger partial charge in [0.2, 0.25) is 0 Å². The maximum absolute atomic E-state index is 14.0. The van der Waals surface area contributed by atoms with Crippen molar-refractivity contribution in [3.05, 3.63) is 71.0 Å². The van der Waals surface area contributed by atoms with E-state index >= 15 is 0 Å². The zero-order valence-corrected chi connectivity index (χ0v) is 15.9. The van der Waals surface area contributed by atoms with Crippen molar-refractivity contribution >= 4 is 23.5 Å². The summed E-state index contributed by atoms with van der Waals surface area (Å²) in [6.45, 7) is 0.262. The highest BCUT2D eigenvalue weighted by Gasteiger charge is 2.10. The van der Waals surface area contributed by atoms with Crippen LogP contribution in [-0.4, -0.2) is 28.3 Å². The van der Waals surface area contributed by atoms with Crippen molar-refractivity contribution in [2.24, 2.45) is 5.18 Å². The number of aromatic nitrogens is 2. The average Bonchev–Trinajstić information content (AvgIpc) is 2.76. The fourth-order valence-corrected chi connectivity index (χ4v) is 2.96. The predicted molar refractivity (Wildman–Crippen MR) is 107 cm³/mol. The van der Waals surface area contributed by atoms with Gasteiger partial charge < -0.3 is 19.3 Å². The highest BCUT2D eigenvalue weighted by Crippen LogP contribution is 2.30. The number of nitrogens with zero attached hydrogens (tertiary/aromatic N) is 3. The number of halogens is 1. The molecule has 2 N–H and O–H groups in total. The van der Waals surface area contributed by atoms with E-state index in [-0.39, 0.29) is 37.3 Å².